The van der Waals surface area contributed by atoms with Crippen LogP contribution in [0.15, 0.2) is 30.3 Å². The molecule has 1 aromatic carbocycles. The van der Waals surface area contributed by atoms with Crippen molar-refractivity contribution < 1.29 is 0 Å². The molecule has 0 atom stereocenters. The zero-order valence-corrected chi connectivity index (χ0v) is 10.6. The predicted octanol–water partition coefficient (Wildman–Crippen LogP) is 4.67. The van der Waals surface area contributed by atoms with E-state index in [0.717, 1.165) is 5.56 Å². The Bertz CT molecular complexity index is 495. The normalized spacial score (nSPS) is 10.5. The number of pyridine rings is 1. The van der Waals surface area contributed by atoms with Crippen LogP contribution in [0.5, 0.6) is 0 Å². The number of aromatic nitrogens is 1. The molecule has 82 valence electrons. The summed E-state index contributed by atoms with van der Waals surface area (Å²) in [6.45, 7) is 4.15. The highest BCUT2D eigenvalue weighted by Crippen LogP contribution is 2.30. The van der Waals surface area contributed by atoms with E-state index in [1.165, 1.54) is 16.7 Å². The second kappa shape index (κ2) is 4.44. The molecule has 0 N–H and O–H groups in total. The van der Waals surface area contributed by atoms with E-state index in [0.29, 0.717) is 10.3 Å². The topological polar surface area (TPSA) is 12.9 Å². The minimum Gasteiger partial charge on any atom is -0.224 e. The van der Waals surface area contributed by atoms with Crippen LogP contribution in [0.3, 0.4) is 0 Å². The summed E-state index contributed by atoms with van der Waals surface area (Å²) in [5.41, 5.74) is 4.60. The van der Waals surface area contributed by atoms with Gasteiger partial charge in [-0.1, -0.05) is 41.4 Å². The Hall–Kier alpha value is -1.05. The SMILES string of the molecule is Cc1cccc(C)c1-c1cc(Cl)nc(Cl)c1. The van der Waals surface area contributed by atoms with Crippen LogP contribution in [0.25, 0.3) is 11.1 Å². The van der Waals surface area contributed by atoms with Gasteiger partial charge in [-0.3, -0.25) is 0 Å². The van der Waals surface area contributed by atoms with Crippen molar-refractivity contribution in [3.05, 3.63) is 51.8 Å². The highest BCUT2D eigenvalue weighted by molar-refractivity contribution is 6.32. The van der Waals surface area contributed by atoms with Gasteiger partial charge in [-0.15, -0.1) is 0 Å². The fourth-order valence-corrected chi connectivity index (χ4v) is 2.34. The Morgan fingerprint density at radius 2 is 1.44 bits per heavy atom. The summed E-state index contributed by atoms with van der Waals surface area (Å²) in [5, 5.41) is 0.843. The van der Waals surface area contributed by atoms with Crippen molar-refractivity contribution in [3.8, 4) is 11.1 Å². The lowest BCUT2D eigenvalue weighted by molar-refractivity contribution is 1.31. The first kappa shape index (κ1) is 11.4. The van der Waals surface area contributed by atoms with Gasteiger partial charge in [-0.05, 0) is 48.2 Å². The van der Waals surface area contributed by atoms with Crippen LogP contribution >= 0.6 is 23.2 Å². The number of rotatable bonds is 1. The van der Waals surface area contributed by atoms with Crippen molar-refractivity contribution in [2.75, 3.05) is 0 Å². The molecule has 0 fully saturated rings. The largest absolute Gasteiger partial charge is 0.224 e. The molecule has 0 spiro atoms. The molecular formula is C13H11Cl2N. The summed E-state index contributed by atoms with van der Waals surface area (Å²) in [6.07, 6.45) is 0. The average Bonchev–Trinajstić information content (AvgIpc) is 2.15. The monoisotopic (exact) mass is 251 g/mol. The molecule has 1 aromatic heterocycles. The molecular weight excluding hydrogens is 241 g/mol. The highest BCUT2D eigenvalue weighted by atomic mass is 35.5. The number of halogens is 2. The van der Waals surface area contributed by atoms with E-state index in [1.54, 1.807) is 0 Å². The van der Waals surface area contributed by atoms with Gasteiger partial charge in [-0.2, -0.15) is 0 Å². The lowest BCUT2D eigenvalue weighted by Crippen LogP contribution is -1.89. The maximum absolute atomic E-state index is 5.91. The Morgan fingerprint density at radius 3 is 1.94 bits per heavy atom. The average molecular weight is 252 g/mol. The molecule has 0 amide bonds. The minimum absolute atomic E-state index is 0.421. The lowest BCUT2D eigenvalue weighted by Gasteiger charge is -2.10. The Morgan fingerprint density at radius 1 is 0.938 bits per heavy atom. The van der Waals surface area contributed by atoms with E-state index < -0.39 is 0 Å². The summed E-state index contributed by atoms with van der Waals surface area (Å²) in [6, 6.07) is 9.86. The standard InChI is InChI=1S/C13H11Cl2N/c1-8-4-3-5-9(2)13(8)10-6-11(14)16-12(15)7-10/h3-7H,1-2H3. The van der Waals surface area contributed by atoms with Gasteiger partial charge >= 0.3 is 0 Å². The van der Waals surface area contributed by atoms with E-state index >= 15 is 0 Å². The van der Waals surface area contributed by atoms with Gasteiger partial charge in [0.15, 0.2) is 0 Å². The molecule has 2 aromatic rings. The van der Waals surface area contributed by atoms with Gasteiger partial charge in [0.05, 0.1) is 0 Å². The maximum atomic E-state index is 5.91. The van der Waals surface area contributed by atoms with E-state index in [-0.39, 0.29) is 0 Å². The quantitative estimate of drug-likeness (QED) is 0.672. The molecule has 16 heavy (non-hydrogen) atoms. The first-order chi connectivity index (χ1) is 7.58. The smallest absolute Gasteiger partial charge is 0.131 e. The van der Waals surface area contributed by atoms with Crippen LogP contribution in [0.4, 0.5) is 0 Å². The number of hydrogen-bond acceptors (Lipinski definition) is 1. The summed E-state index contributed by atoms with van der Waals surface area (Å²) in [7, 11) is 0. The van der Waals surface area contributed by atoms with Crippen LogP contribution in [-0.2, 0) is 0 Å². The summed E-state index contributed by atoms with van der Waals surface area (Å²) >= 11 is 11.8. The first-order valence-corrected chi connectivity index (χ1v) is 5.73. The zero-order valence-electron chi connectivity index (χ0n) is 9.09. The summed E-state index contributed by atoms with van der Waals surface area (Å²) in [4.78, 5) is 3.95. The van der Waals surface area contributed by atoms with Crippen molar-refractivity contribution in [3.63, 3.8) is 0 Å². The summed E-state index contributed by atoms with van der Waals surface area (Å²) < 4.78 is 0. The van der Waals surface area contributed by atoms with Gasteiger partial charge in [0.1, 0.15) is 10.3 Å². The third-order valence-corrected chi connectivity index (χ3v) is 2.92. The van der Waals surface area contributed by atoms with Crippen LogP contribution in [0.1, 0.15) is 11.1 Å². The Kier molecular flexibility index (Phi) is 3.17. The molecule has 0 aliphatic heterocycles. The van der Waals surface area contributed by atoms with Crippen molar-refractivity contribution in [1.29, 1.82) is 0 Å². The van der Waals surface area contributed by atoms with Crippen molar-refractivity contribution >= 4 is 23.2 Å². The minimum atomic E-state index is 0.421. The second-order valence-corrected chi connectivity index (χ2v) is 4.54. The van der Waals surface area contributed by atoms with Crippen LogP contribution in [-0.4, -0.2) is 4.98 Å². The molecule has 0 bridgehead atoms. The fraction of sp³-hybridized carbons (Fsp3) is 0.154. The number of benzene rings is 1. The molecule has 1 nitrogen and oxygen atoms in total. The van der Waals surface area contributed by atoms with Crippen molar-refractivity contribution in [2.24, 2.45) is 0 Å². The molecule has 0 unspecified atom stereocenters. The molecule has 2 rings (SSSR count). The number of hydrogen-bond donors (Lipinski definition) is 0. The second-order valence-electron chi connectivity index (χ2n) is 3.77. The zero-order chi connectivity index (χ0) is 11.7. The van der Waals surface area contributed by atoms with Crippen molar-refractivity contribution in [1.82, 2.24) is 4.98 Å². The van der Waals surface area contributed by atoms with E-state index in [9.17, 15) is 0 Å². The Balaban J connectivity index is 2.67. The Labute approximate surface area is 105 Å². The van der Waals surface area contributed by atoms with Crippen molar-refractivity contribution in [2.45, 2.75) is 13.8 Å². The van der Waals surface area contributed by atoms with Crippen LogP contribution in [0, 0.1) is 13.8 Å². The molecule has 3 heteroatoms. The highest BCUT2D eigenvalue weighted by Gasteiger charge is 2.07. The molecule has 0 radical (unpaired) electrons. The van der Waals surface area contributed by atoms with Gasteiger partial charge in [-0.25, -0.2) is 4.98 Å². The molecule has 0 saturated heterocycles. The first-order valence-electron chi connectivity index (χ1n) is 4.97. The molecule has 0 saturated carbocycles. The third kappa shape index (κ3) is 2.21. The molecule has 0 aliphatic carbocycles. The molecule has 0 aliphatic rings. The van der Waals surface area contributed by atoms with Gasteiger partial charge in [0, 0.05) is 0 Å². The fourth-order valence-electron chi connectivity index (χ4n) is 1.88. The lowest BCUT2D eigenvalue weighted by atomic mass is 9.97. The summed E-state index contributed by atoms with van der Waals surface area (Å²) in [5.74, 6) is 0. The van der Waals surface area contributed by atoms with Crippen LogP contribution in [0.2, 0.25) is 10.3 Å². The number of aryl methyl sites for hydroxylation is 2. The third-order valence-electron chi connectivity index (χ3n) is 2.53. The van der Waals surface area contributed by atoms with E-state index in [4.69, 9.17) is 23.2 Å². The van der Waals surface area contributed by atoms with E-state index in [2.05, 4.69) is 31.0 Å². The predicted molar refractivity (Wildman–Crippen MR) is 69.2 cm³/mol. The van der Waals surface area contributed by atoms with Gasteiger partial charge < -0.3 is 0 Å². The van der Waals surface area contributed by atoms with E-state index in [1.807, 2.05) is 18.2 Å². The van der Waals surface area contributed by atoms with Crippen LogP contribution < -0.4 is 0 Å². The maximum Gasteiger partial charge on any atom is 0.131 e. The number of nitrogens with zero attached hydrogens (tertiary/aromatic N) is 1. The van der Waals surface area contributed by atoms with Gasteiger partial charge in [0.2, 0.25) is 0 Å². The van der Waals surface area contributed by atoms with Gasteiger partial charge in [0.25, 0.3) is 0 Å². The molecule has 1 heterocycles.